The second-order valence-electron chi connectivity index (χ2n) is 4.30. The van der Waals surface area contributed by atoms with Crippen molar-refractivity contribution in [1.29, 1.82) is 0 Å². The fourth-order valence-electron chi connectivity index (χ4n) is 1.11. The minimum Gasteiger partial charge on any atom is -0.374 e. The van der Waals surface area contributed by atoms with E-state index in [2.05, 4.69) is 15.7 Å². The van der Waals surface area contributed by atoms with Crippen molar-refractivity contribution in [2.45, 2.75) is 46.3 Å². The summed E-state index contributed by atoms with van der Waals surface area (Å²) in [5.41, 5.74) is 2.28. The molecule has 0 rings (SSSR count). The van der Waals surface area contributed by atoms with Crippen molar-refractivity contribution in [3.05, 3.63) is 0 Å². The third kappa shape index (κ3) is 7.16. The fourth-order valence-corrected chi connectivity index (χ4v) is 1.11. The van der Waals surface area contributed by atoms with Crippen molar-refractivity contribution in [1.82, 2.24) is 10.7 Å². The highest BCUT2D eigenvalue weighted by molar-refractivity contribution is 5.79. The van der Waals surface area contributed by atoms with Crippen LogP contribution in [0.25, 0.3) is 0 Å². The van der Waals surface area contributed by atoms with E-state index in [0.717, 1.165) is 0 Å². The molecular weight excluding hydrogens is 192 g/mol. The van der Waals surface area contributed by atoms with E-state index in [1.54, 1.807) is 0 Å². The quantitative estimate of drug-likeness (QED) is 0.273. The van der Waals surface area contributed by atoms with E-state index in [1.807, 2.05) is 34.6 Å². The van der Waals surface area contributed by atoms with Gasteiger partial charge in [-0.15, -0.1) is 0 Å². The molecule has 5 nitrogen and oxygen atoms in total. The van der Waals surface area contributed by atoms with Gasteiger partial charge >= 0.3 is 0 Å². The van der Waals surface area contributed by atoms with Gasteiger partial charge in [0.2, 0.25) is 5.96 Å². The molecule has 0 saturated carbocycles. The summed E-state index contributed by atoms with van der Waals surface area (Å²) < 4.78 is 5.53. The van der Waals surface area contributed by atoms with Crippen LogP contribution >= 0.6 is 0 Å². The van der Waals surface area contributed by atoms with Crippen LogP contribution in [0.5, 0.6) is 0 Å². The molecule has 0 bridgehead atoms. The Morgan fingerprint density at radius 2 is 2.07 bits per heavy atom. The standard InChI is InChI=1S/C10H24N4O/c1-6-15-10(4,5)7-12-9(14-11)13-8(2)3/h8H,6-7,11H2,1-5H3,(H2,12,13,14). The molecular formula is C10H24N4O. The highest BCUT2D eigenvalue weighted by Crippen LogP contribution is 2.08. The molecule has 0 amide bonds. The molecule has 0 spiro atoms. The molecule has 0 fully saturated rings. The van der Waals surface area contributed by atoms with E-state index in [1.165, 1.54) is 0 Å². The maximum atomic E-state index is 5.53. The largest absolute Gasteiger partial charge is 0.374 e. The van der Waals surface area contributed by atoms with Crippen molar-refractivity contribution < 1.29 is 4.74 Å². The topological polar surface area (TPSA) is 71.7 Å². The van der Waals surface area contributed by atoms with Gasteiger partial charge in [0.25, 0.3) is 0 Å². The zero-order valence-electron chi connectivity index (χ0n) is 10.4. The maximum Gasteiger partial charge on any atom is 0.206 e. The Balaban J connectivity index is 4.20. The number of guanidine groups is 1. The Bertz CT molecular complexity index is 202. The Kier molecular flexibility index (Phi) is 6.27. The van der Waals surface area contributed by atoms with E-state index in [-0.39, 0.29) is 5.60 Å². The summed E-state index contributed by atoms with van der Waals surface area (Å²) in [6, 6.07) is 0.301. The lowest BCUT2D eigenvalue weighted by atomic mass is 10.1. The van der Waals surface area contributed by atoms with Crippen LogP contribution in [-0.2, 0) is 4.74 Å². The SMILES string of the molecule is CCOC(C)(C)CN=C(NN)NC(C)C. The fraction of sp³-hybridized carbons (Fsp3) is 0.900. The Morgan fingerprint density at radius 1 is 1.47 bits per heavy atom. The molecule has 0 radical (unpaired) electrons. The number of ether oxygens (including phenoxy) is 1. The summed E-state index contributed by atoms with van der Waals surface area (Å²) >= 11 is 0. The predicted octanol–water partition coefficient (Wildman–Crippen LogP) is 0.619. The first kappa shape index (κ1) is 14.2. The number of nitrogens with one attached hydrogen (secondary N) is 2. The summed E-state index contributed by atoms with van der Waals surface area (Å²) in [5.74, 6) is 5.94. The molecule has 0 aromatic rings. The molecule has 0 heterocycles. The molecule has 0 aromatic heterocycles. The molecule has 0 aromatic carbocycles. The predicted molar refractivity (Wildman–Crippen MR) is 63.6 cm³/mol. The first-order chi connectivity index (χ1) is 6.91. The van der Waals surface area contributed by atoms with Crippen LogP contribution in [0.1, 0.15) is 34.6 Å². The summed E-state index contributed by atoms with van der Waals surface area (Å²) in [4.78, 5) is 4.32. The third-order valence-corrected chi connectivity index (χ3v) is 1.72. The number of rotatable bonds is 5. The molecule has 0 aliphatic heterocycles. The van der Waals surface area contributed by atoms with E-state index in [4.69, 9.17) is 10.6 Å². The number of nitrogens with two attached hydrogens (primary N) is 1. The average molecular weight is 216 g/mol. The molecule has 0 unspecified atom stereocenters. The first-order valence-electron chi connectivity index (χ1n) is 5.33. The lowest BCUT2D eigenvalue weighted by Crippen LogP contribution is -2.45. The highest BCUT2D eigenvalue weighted by Gasteiger charge is 2.17. The van der Waals surface area contributed by atoms with Gasteiger partial charge in [0, 0.05) is 12.6 Å². The van der Waals surface area contributed by atoms with Crippen LogP contribution in [-0.4, -0.2) is 30.8 Å². The van der Waals surface area contributed by atoms with Crippen molar-refractivity contribution in [2.75, 3.05) is 13.2 Å². The molecule has 0 aliphatic rings. The molecule has 90 valence electrons. The van der Waals surface area contributed by atoms with Crippen LogP contribution < -0.4 is 16.6 Å². The molecule has 4 N–H and O–H groups in total. The third-order valence-electron chi connectivity index (χ3n) is 1.72. The molecule has 0 saturated heterocycles. The van der Waals surface area contributed by atoms with Crippen LogP contribution in [0.3, 0.4) is 0 Å². The van der Waals surface area contributed by atoms with Gasteiger partial charge in [-0.05, 0) is 34.6 Å². The van der Waals surface area contributed by atoms with Crippen LogP contribution in [0.15, 0.2) is 4.99 Å². The average Bonchev–Trinajstić information content (AvgIpc) is 2.11. The number of hydrazine groups is 1. The maximum absolute atomic E-state index is 5.53. The Labute approximate surface area is 92.4 Å². The summed E-state index contributed by atoms with van der Waals surface area (Å²) in [6.07, 6.45) is 0. The van der Waals surface area contributed by atoms with Gasteiger partial charge < -0.3 is 10.1 Å². The Morgan fingerprint density at radius 3 is 2.47 bits per heavy atom. The van der Waals surface area contributed by atoms with E-state index >= 15 is 0 Å². The van der Waals surface area contributed by atoms with Gasteiger partial charge in [-0.25, -0.2) is 10.8 Å². The smallest absolute Gasteiger partial charge is 0.206 e. The number of aliphatic imine (C=N–C) groups is 1. The van der Waals surface area contributed by atoms with Crippen molar-refractivity contribution in [3.63, 3.8) is 0 Å². The van der Waals surface area contributed by atoms with Crippen molar-refractivity contribution >= 4 is 5.96 Å². The van der Waals surface area contributed by atoms with Gasteiger partial charge in [0.05, 0.1) is 12.1 Å². The van der Waals surface area contributed by atoms with Crippen molar-refractivity contribution in [2.24, 2.45) is 10.8 Å². The first-order valence-corrected chi connectivity index (χ1v) is 5.33. The molecule has 5 heteroatoms. The van der Waals surface area contributed by atoms with E-state index < -0.39 is 0 Å². The summed E-state index contributed by atoms with van der Waals surface area (Å²) in [5, 5.41) is 3.10. The molecule has 0 aliphatic carbocycles. The molecule has 15 heavy (non-hydrogen) atoms. The van der Waals surface area contributed by atoms with Gasteiger partial charge in [0.15, 0.2) is 0 Å². The summed E-state index contributed by atoms with van der Waals surface area (Å²) in [7, 11) is 0. The minimum absolute atomic E-state index is 0.254. The van der Waals surface area contributed by atoms with E-state index in [0.29, 0.717) is 25.2 Å². The van der Waals surface area contributed by atoms with E-state index in [9.17, 15) is 0 Å². The highest BCUT2D eigenvalue weighted by atomic mass is 16.5. The van der Waals surface area contributed by atoms with Crippen molar-refractivity contribution in [3.8, 4) is 0 Å². The van der Waals surface area contributed by atoms with Gasteiger partial charge in [0.1, 0.15) is 0 Å². The van der Waals surface area contributed by atoms with Gasteiger partial charge in [-0.2, -0.15) is 0 Å². The monoisotopic (exact) mass is 216 g/mol. The van der Waals surface area contributed by atoms with Gasteiger partial charge in [-0.1, -0.05) is 0 Å². The second-order valence-corrected chi connectivity index (χ2v) is 4.30. The zero-order valence-corrected chi connectivity index (χ0v) is 10.4. The number of nitrogens with zero attached hydrogens (tertiary/aromatic N) is 1. The molecule has 0 atom stereocenters. The van der Waals surface area contributed by atoms with Crippen LogP contribution in [0, 0.1) is 0 Å². The lowest BCUT2D eigenvalue weighted by molar-refractivity contribution is -0.00219. The van der Waals surface area contributed by atoms with Crippen LogP contribution in [0.4, 0.5) is 0 Å². The number of hydrogen-bond donors (Lipinski definition) is 3. The van der Waals surface area contributed by atoms with Crippen LogP contribution in [0.2, 0.25) is 0 Å². The Hall–Kier alpha value is -0.810. The second kappa shape index (κ2) is 6.63. The summed E-state index contributed by atoms with van der Waals surface area (Å²) in [6.45, 7) is 11.3. The minimum atomic E-state index is -0.254. The normalized spacial score (nSPS) is 13.1. The number of hydrogen-bond acceptors (Lipinski definition) is 3. The van der Waals surface area contributed by atoms with Gasteiger partial charge in [-0.3, -0.25) is 5.43 Å². The zero-order chi connectivity index (χ0) is 11.9. The lowest BCUT2D eigenvalue weighted by Gasteiger charge is -2.23.